The van der Waals surface area contributed by atoms with E-state index >= 15 is 0 Å². The fourth-order valence-corrected chi connectivity index (χ4v) is 4.23. The van der Waals surface area contributed by atoms with E-state index in [1.54, 1.807) is 9.80 Å². The molecule has 1 amide bonds. The third kappa shape index (κ3) is 6.18. The molecule has 0 N–H and O–H groups in total. The summed E-state index contributed by atoms with van der Waals surface area (Å²) in [5.74, 6) is -2.00. The Morgan fingerprint density at radius 3 is 2.18 bits per heavy atom. The molecule has 0 aromatic heterocycles. The Morgan fingerprint density at radius 2 is 1.68 bits per heavy atom. The van der Waals surface area contributed by atoms with Gasteiger partial charge in [0.05, 0.1) is 16.5 Å². The van der Waals surface area contributed by atoms with Crippen LogP contribution in [0.25, 0.3) is 0 Å². The Bertz CT molecular complexity index is 752. The zero-order valence-electron chi connectivity index (χ0n) is 16.5. The number of hydrogen-bond donors (Lipinski definition) is 0. The van der Waals surface area contributed by atoms with Crippen LogP contribution >= 0.6 is 0 Å². The van der Waals surface area contributed by atoms with E-state index in [4.69, 9.17) is 0 Å². The average molecular weight is 422 g/mol. The quantitative estimate of drug-likeness (QED) is 0.692. The maximum atomic E-state index is 14.5. The molecule has 1 aromatic rings. The van der Waals surface area contributed by atoms with Gasteiger partial charge in [-0.15, -0.1) is 0 Å². The van der Waals surface area contributed by atoms with Crippen LogP contribution in [0.5, 0.6) is 0 Å². The number of alkyl halides is 3. The highest BCUT2D eigenvalue weighted by molar-refractivity contribution is 7.85. The van der Waals surface area contributed by atoms with Gasteiger partial charge in [-0.2, -0.15) is 13.2 Å². The highest BCUT2D eigenvalue weighted by Gasteiger charge is 2.32. The Balaban J connectivity index is 2.13. The van der Waals surface area contributed by atoms with Crippen LogP contribution in [0.3, 0.4) is 0 Å². The maximum absolute atomic E-state index is 14.5. The Hall–Kier alpha value is -1.64. The normalized spacial score (nSPS) is 17.0. The van der Waals surface area contributed by atoms with Gasteiger partial charge in [0, 0.05) is 37.5 Å². The fraction of sp³-hybridized carbons (Fsp3) is 0.632. The number of rotatable bonds is 4. The second-order valence-electron chi connectivity index (χ2n) is 8.28. The molecule has 0 saturated carbocycles. The first-order valence-corrected chi connectivity index (χ1v) is 10.4. The molecule has 9 heteroatoms. The lowest BCUT2D eigenvalue weighted by Gasteiger charge is -2.37. The number of halogens is 4. The van der Waals surface area contributed by atoms with Crippen molar-refractivity contribution in [1.82, 2.24) is 4.90 Å². The second-order valence-corrected chi connectivity index (χ2v) is 9.70. The molecule has 1 aromatic carbocycles. The number of piperazine rings is 1. The van der Waals surface area contributed by atoms with E-state index in [1.807, 2.05) is 20.8 Å². The fourth-order valence-electron chi connectivity index (χ4n) is 3.12. The van der Waals surface area contributed by atoms with Gasteiger partial charge in [-0.1, -0.05) is 20.8 Å². The van der Waals surface area contributed by atoms with Crippen molar-refractivity contribution in [2.75, 3.05) is 36.8 Å². The van der Waals surface area contributed by atoms with Crippen molar-refractivity contribution in [3.05, 3.63) is 23.5 Å². The van der Waals surface area contributed by atoms with Crippen molar-refractivity contribution < 1.29 is 26.6 Å². The van der Waals surface area contributed by atoms with Crippen LogP contribution in [0.1, 0.15) is 32.8 Å². The van der Waals surface area contributed by atoms with Crippen molar-refractivity contribution in [2.45, 2.75) is 45.2 Å². The summed E-state index contributed by atoms with van der Waals surface area (Å²) in [4.78, 5) is 15.7. The predicted molar refractivity (Wildman–Crippen MR) is 101 cm³/mol. The summed E-state index contributed by atoms with van der Waals surface area (Å²) in [6.45, 7) is 8.91. The van der Waals surface area contributed by atoms with Gasteiger partial charge in [0.25, 0.3) is 0 Å². The summed E-state index contributed by atoms with van der Waals surface area (Å²) < 4.78 is 64.3. The molecule has 0 spiro atoms. The van der Waals surface area contributed by atoms with Crippen molar-refractivity contribution in [1.29, 1.82) is 0 Å². The minimum atomic E-state index is -4.56. The van der Waals surface area contributed by atoms with Gasteiger partial charge in [-0.05, 0) is 30.0 Å². The molecular formula is C19H26F4N2O2S. The number of carbonyl (C=O) groups is 1. The summed E-state index contributed by atoms with van der Waals surface area (Å²) in [5, 5.41) is 0. The molecule has 28 heavy (non-hydrogen) atoms. The van der Waals surface area contributed by atoms with Gasteiger partial charge in [0.15, 0.2) is 0 Å². The highest BCUT2D eigenvalue weighted by atomic mass is 32.2. The van der Waals surface area contributed by atoms with E-state index in [1.165, 1.54) is 13.0 Å². The number of aryl methyl sites for hydroxylation is 1. The highest BCUT2D eigenvalue weighted by Crippen LogP contribution is 2.29. The number of anilines is 1. The van der Waals surface area contributed by atoms with Crippen LogP contribution in [0.2, 0.25) is 0 Å². The Labute approximate surface area is 165 Å². The molecule has 158 valence electrons. The lowest BCUT2D eigenvalue weighted by molar-refractivity contribution is -0.133. The minimum Gasteiger partial charge on any atom is -0.366 e. The summed E-state index contributed by atoms with van der Waals surface area (Å²) in [6, 6.07) is 2.37. The SMILES string of the molecule is Cc1cc(F)c(N2CCN(C(=O)CC(C)(C)C)CC2)cc1S(=O)CC(F)(F)F. The van der Waals surface area contributed by atoms with Gasteiger partial charge in [0.1, 0.15) is 11.6 Å². The Morgan fingerprint density at radius 1 is 1.11 bits per heavy atom. The van der Waals surface area contributed by atoms with E-state index in [0.717, 1.165) is 6.07 Å². The van der Waals surface area contributed by atoms with Crippen LogP contribution in [-0.2, 0) is 15.6 Å². The molecule has 1 aliphatic rings. The van der Waals surface area contributed by atoms with Gasteiger partial charge in [-0.25, -0.2) is 4.39 Å². The first-order valence-electron chi connectivity index (χ1n) is 9.05. The summed E-state index contributed by atoms with van der Waals surface area (Å²) in [6.07, 6.45) is -4.16. The van der Waals surface area contributed by atoms with E-state index < -0.39 is 28.5 Å². The zero-order chi connectivity index (χ0) is 21.3. The molecule has 4 nitrogen and oxygen atoms in total. The van der Waals surface area contributed by atoms with Gasteiger partial charge < -0.3 is 9.80 Å². The van der Waals surface area contributed by atoms with E-state index in [0.29, 0.717) is 32.6 Å². The molecule has 2 rings (SSSR count). The monoisotopic (exact) mass is 422 g/mol. The lowest BCUT2D eigenvalue weighted by atomic mass is 9.91. The minimum absolute atomic E-state index is 0.0139. The van der Waals surface area contributed by atoms with Crippen LogP contribution < -0.4 is 4.90 Å². The summed E-state index contributed by atoms with van der Waals surface area (Å²) in [7, 11) is -2.30. The summed E-state index contributed by atoms with van der Waals surface area (Å²) in [5.41, 5.74) is 0.219. The molecular weight excluding hydrogens is 396 g/mol. The predicted octanol–water partition coefficient (Wildman–Crippen LogP) is 3.89. The number of nitrogens with zero attached hydrogens (tertiary/aromatic N) is 2. The topological polar surface area (TPSA) is 40.6 Å². The Kier molecular flexibility index (Phi) is 6.78. The molecule has 1 heterocycles. The smallest absolute Gasteiger partial charge is 0.366 e. The molecule has 1 unspecified atom stereocenters. The van der Waals surface area contributed by atoms with Crippen molar-refractivity contribution >= 4 is 22.4 Å². The van der Waals surface area contributed by atoms with Crippen LogP contribution in [0.4, 0.5) is 23.2 Å². The summed E-state index contributed by atoms with van der Waals surface area (Å²) >= 11 is 0. The first-order chi connectivity index (χ1) is 12.8. The molecule has 0 bridgehead atoms. The van der Waals surface area contributed by atoms with Gasteiger partial charge in [0.2, 0.25) is 5.91 Å². The number of amides is 1. The van der Waals surface area contributed by atoms with E-state index in [9.17, 15) is 26.6 Å². The third-order valence-corrected chi connectivity index (χ3v) is 5.96. The van der Waals surface area contributed by atoms with Crippen molar-refractivity contribution in [3.63, 3.8) is 0 Å². The zero-order valence-corrected chi connectivity index (χ0v) is 17.3. The van der Waals surface area contributed by atoms with Gasteiger partial charge >= 0.3 is 6.18 Å². The molecule has 0 radical (unpaired) electrons. The second kappa shape index (κ2) is 8.39. The number of carbonyl (C=O) groups excluding carboxylic acids is 1. The average Bonchev–Trinajstić information content (AvgIpc) is 2.51. The number of benzene rings is 1. The molecule has 1 aliphatic heterocycles. The largest absolute Gasteiger partial charge is 0.400 e. The molecule has 1 saturated heterocycles. The van der Waals surface area contributed by atoms with Crippen LogP contribution in [-0.4, -0.2) is 53.1 Å². The van der Waals surface area contributed by atoms with Crippen LogP contribution in [0, 0.1) is 18.2 Å². The van der Waals surface area contributed by atoms with E-state index in [2.05, 4.69) is 0 Å². The molecule has 0 aliphatic carbocycles. The van der Waals surface area contributed by atoms with Crippen molar-refractivity contribution in [3.8, 4) is 0 Å². The third-order valence-electron chi connectivity index (χ3n) is 4.44. The first kappa shape index (κ1) is 22.6. The van der Waals surface area contributed by atoms with Crippen LogP contribution in [0.15, 0.2) is 17.0 Å². The number of hydrogen-bond acceptors (Lipinski definition) is 3. The molecule has 1 fully saturated rings. The standard InChI is InChI=1S/C19H26F4N2O2S/c1-13-9-14(20)15(10-16(13)28(27)12-19(21,22)23)24-5-7-25(8-6-24)17(26)11-18(2,3)4/h9-10H,5-8,11-12H2,1-4H3. The van der Waals surface area contributed by atoms with Gasteiger partial charge in [-0.3, -0.25) is 9.00 Å². The lowest BCUT2D eigenvalue weighted by Crippen LogP contribution is -2.49. The van der Waals surface area contributed by atoms with E-state index in [-0.39, 0.29) is 27.5 Å². The molecule has 1 atom stereocenters. The van der Waals surface area contributed by atoms with Crippen molar-refractivity contribution in [2.24, 2.45) is 5.41 Å². The maximum Gasteiger partial charge on any atom is 0.400 e.